The van der Waals surface area contributed by atoms with Gasteiger partial charge >= 0.3 is 0 Å². The van der Waals surface area contributed by atoms with E-state index in [-0.39, 0.29) is 25.0 Å². The molecule has 0 unspecified atom stereocenters. The van der Waals surface area contributed by atoms with E-state index in [1.807, 2.05) is 41.8 Å². The predicted octanol–water partition coefficient (Wildman–Crippen LogP) is 3.66. The molecule has 2 aromatic carbocycles. The van der Waals surface area contributed by atoms with Crippen LogP contribution in [-0.2, 0) is 9.59 Å². The molecule has 5 rings (SSSR count). The lowest BCUT2D eigenvalue weighted by molar-refractivity contribution is -0.123. The number of anilines is 2. The number of fused-ring (bicyclic) bond motifs is 2. The Hall–Kier alpha value is -3.65. The molecule has 3 heterocycles. The van der Waals surface area contributed by atoms with E-state index in [4.69, 9.17) is 4.74 Å². The van der Waals surface area contributed by atoms with E-state index in [2.05, 4.69) is 15.3 Å². The van der Waals surface area contributed by atoms with Gasteiger partial charge in [0.05, 0.1) is 21.6 Å². The van der Waals surface area contributed by atoms with Gasteiger partial charge in [-0.1, -0.05) is 18.2 Å². The number of ether oxygens (including phenoxy) is 1. The summed E-state index contributed by atoms with van der Waals surface area (Å²) in [5.74, 6) is 0.866. The molecule has 0 radical (unpaired) electrons. The van der Waals surface area contributed by atoms with Gasteiger partial charge in [-0.2, -0.15) is 0 Å². The van der Waals surface area contributed by atoms with Gasteiger partial charge in [-0.15, -0.1) is 11.3 Å². The topological polar surface area (TPSA) is 87.3 Å². The highest BCUT2D eigenvalue weighted by atomic mass is 32.1. The van der Waals surface area contributed by atoms with Crippen LogP contribution in [0, 0.1) is 0 Å². The summed E-state index contributed by atoms with van der Waals surface area (Å²) in [6.45, 7) is -0.156. The molecule has 0 bridgehead atoms. The van der Waals surface area contributed by atoms with Gasteiger partial charge in [-0.05, 0) is 41.8 Å². The minimum atomic E-state index is -0.285. The Morgan fingerprint density at radius 2 is 2.10 bits per heavy atom. The van der Waals surface area contributed by atoms with Crippen LogP contribution in [0.25, 0.3) is 21.7 Å². The van der Waals surface area contributed by atoms with Crippen LogP contribution in [0.1, 0.15) is 0 Å². The first-order valence-electron chi connectivity index (χ1n) is 9.03. The zero-order valence-corrected chi connectivity index (χ0v) is 16.0. The molecule has 2 aromatic heterocycles. The number of hydrogen-bond donors (Lipinski definition) is 2. The average molecular weight is 404 g/mol. The van der Waals surface area contributed by atoms with Crippen molar-refractivity contribution in [2.45, 2.75) is 0 Å². The lowest BCUT2D eigenvalue weighted by Gasteiger charge is -2.28. The monoisotopic (exact) mass is 404 g/mol. The summed E-state index contributed by atoms with van der Waals surface area (Å²) in [4.78, 5) is 35.2. The van der Waals surface area contributed by atoms with E-state index in [0.29, 0.717) is 17.1 Å². The quantitative estimate of drug-likeness (QED) is 0.543. The van der Waals surface area contributed by atoms with Gasteiger partial charge in [-0.3, -0.25) is 14.5 Å². The molecule has 1 aliphatic rings. The van der Waals surface area contributed by atoms with Crippen LogP contribution in [-0.4, -0.2) is 34.9 Å². The molecule has 0 saturated carbocycles. The highest BCUT2D eigenvalue weighted by molar-refractivity contribution is 7.13. The van der Waals surface area contributed by atoms with E-state index in [1.54, 1.807) is 29.5 Å². The number of aromatic amines is 1. The summed E-state index contributed by atoms with van der Waals surface area (Å²) in [5, 5.41) is 4.86. The molecule has 29 heavy (non-hydrogen) atoms. The van der Waals surface area contributed by atoms with Crippen molar-refractivity contribution in [3.8, 4) is 16.5 Å². The molecule has 7 nitrogen and oxygen atoms in total. The molecule has 1 aliphatic heterocycles. The predicted molar refractivity (Wildman–Crippen MR) is 112 cm³/mol. The maximum Gasteiger partial charge on any atom is 0.265 e. The van der Waals surface area contributed by atoms with Crippen molar-refractivity contribution in [1.82, 2.24) is 9.97 Å². The maximum absolute atomic E-state index is 12.6. The van der Waals surface area contributed by atoms with Crippen molar-refractivity contribution >= 4 is 45.6 Å². The summed E-state index contributed by atoms with van der Waals surface area (Å²) in [6, 6.07) is 16.7. The number of rotatable bonds is 4. The number of aromatic nitrogens is 2. The molecule has 0 fully saturated rings. The van der Waals surface area contributed by atoms with Gasteiger partial charge in [0.1, 0.15) is 18.1 Å². The zero-order chi connectivity index (χ0) is 19.8. The van der Waals surface area contributed by atoms with Crippen LogP contribution in [0.2, 0.25) is 0 Å². The number of carbonyl (C=O) groups is 2. The summed E-state index contributed by atoms with van der Waals surface area (Å²) in [7, 11) is 0. The molecule has 2 N–H and O–H groups in total. The molecule has 0 atom stereocenters. The van der Waals surface area contributed by atoms with Crippen molar-refractivity contribution in [2.24, 2.45) is 0 Å². The Morgan fingerprint density at radius 1 is 1.21 bits per heavy atom. The zero-order valence-electron chi connectivity index (χ0n) is 15.2. The fourth-order valence-corrected chi connectivity index (χ4v) is 3.96. The van der Waals surface area contributed by atoms with Gasteiger partial charge in [0.25, 0.3) is 5.91 Å². The Labute approximate surface area is 169 Å². The Balaban J connectivity index is 1.34. The second-order valence-electron chi connectivity index (χ2n) is 6.58. The lowest BCUT2D eigenvalue weighted by Crippen LogP contribution is -2.43. The van der Waals surface area contributed by atoms with Crippen molar-refractivity contribution in [1.29, 1.82) is 0 Å². The summed E-state index contributed by atoms with van der Waals surface area (Å²) >= 11 is 1.61. The largest absolute Gasteiger partial charge is 0.482 e. The SMILES string of the molecule is O=C(CN1C(=O)COc2ccccc21)Nc1ccc2nc(-c3cccs3)[nH]c2c1. The summed E-state index contributed by atoms with van der Waals surface area (Å²) in [6.07, 6.45) is 0. The summed E-state index contributed by atoms with van der Waals surface area (Å²) in [5.41, 5.74) is 2.89. The minimum Gasteiger partial charge on any atom is -0.482 e. The number of imidazole rings is 1. The van der Waals surface area contributed by atoms with E-state index in [9.17, 15) is 9.59 Å². The fourth-order valence-electron chi connectivity index (χ4n) is 3.29. The molecule has 144 valence electrons. The third-order valence-corrected chi connectivity index (χ3v) is 5.51. The average Bonchev–Trinajstić information content (AvgIpc) is 3.39. The van der Waals surface area contributed by atoms with Crippen molar-refractivity contribution in [3.05, 3.63) is 60.0 Å². The molecule has 2 amide bonds. The van der Waals surface area contributed by atoms with Crippen LogP contribution in [0.3, 0.4) is 0 Å². The fraction of sp³-hybridized carbons (Fsp3) is 0.0952. The first kappa shape index (κ1) is 17.4. The number of nitrogens with zero attached hydrogens (tertiary/aromatic N) is 2. The van der Waals surface area contributed by atoms with Gasteiger partial charge in [0.15, 0.2) is 6.61 Å². The first-order chi connectivity index (χ1) is 14.2. The van der Waals surface area contributed by atoms with Crippen LogP contribution >= 0.6 is 11.3 Å². The number of carbonyl (C=O) groups excluding carboxylic acids is 2. The molecule has 4 aromatic rings. The van der Waals surface area contributed by atoms with Gasteiger partial charge in [0, 0.05) is 5.69 Å². The van der Waals surface area contributed by atoms with Gasteiger partial charge in [0.2, 0.25) is 5.91 Å². The summed E-state index contributed by atoms with van der Waals surface area (Å²) < 4.78 is 5.41. The molecule has 0 spiro atoms. The third kappa shape index (κ3) is 3.34. The molecule has 0 aliphatic carbocycles. The van der Waals surface area contributed by atoms with E-state index >= 15 is 0 Å². The number of amides is 2. The number of para-hydroxylation sites is 2. The minimum absolute atomic E-state index is 0.0735. The maximum atomic E-state index is 12.6. The standard InChI is InChI=1S/C21H16N4O3S/c26-19(11-25-16-4-1-2-5-17(16)28-12-20(25)27)22-13-7-8-14-15(10-13)24-21(23-14)18-6-3-9-29-18/h1-10H,11-12H2,(H,22,26)(H,23,24). The van der Waals surface area contributed by atoms with Crippen LogP contribution in [0.4, 0.5) is 11.4 Å². The Morgan fingerprint density at radius 3 is 2.97 bits per heavy atom. The van der Waals surface area contributed by atoms with E-state index in [0.717, 1.165) is 21.7 Å². The smallest absolute Gasteiger partial charge is 0.265 e. The lowest BCUT2D eigenvalue weighted by atomic mass is 10.2. The molecular weight excluding hydrogens is 388 g/mol. The van der Waals surface area contributed by atoms with Crippen LogP contribution in [0.15, 0.2) is 60.0 Å². The first-order valence-corrected chi connectivity index (χ1v) is 9.91. The van der Waals surface area contributed by atoms with Crippen LogP contribution < -0.4 is 15.0 Å². The third-order valence-electron chi connectivity index (χ3n) is 4.63. The highest BCUT2D eigenvalue weighted by Crippen LogP contribution is 2.31. The Kier molecular flexibility index (Phi) is 4.25. The molecular formula is C21H16N4O3S. The highest BCUT2D eigenvalue weighted by Gasteiger charge is 2.27. The van der Waals surface area contributed by atoms with Gasteiger partial charge in [-0.25, -0.2) is 4.98 Å². The second kappa shape index (κ2) is 7.06. The number of nitrogens with one attached hydrogen (secondary N) is 2. The molecule has 0 saturated heterocycles. The number of hydrogen-bond acceptors (Lipinski definition) is 5. The van der Waals surface area contributed by atoms with E-state index in [1.165, 1.54) is 4.90 Å². The van der Waals surface area contributed by atoms with Crippen molar-refractivity contribution < 1.29 is 14.3 Å². The van der Waals surface area contributed by atoms with Gasteiger partial charge < -0.3 is 15.0 Å². The van der Waals surface area contributed by atoms with Crippen LogP contribution in [0.5, 0.6) is 5.75 Å². The number of benzene rings is 2. The Bertz CT molecular complexity index is 1220. The second-order valence-corrected chi connectivity index (χ2v) is 7.53. The molecule has 8 heteroatoms. The normalized spacial score (nSPS) is 13.2. The van der Waals surface area contributed by atoms with Crippen molar-refractivity contribution in [2.75, 3.05) is 23.4 Å². The van der Waals surface area contributed by atoms with E-state index < -0.39 is 0 Å². The van der Waals surface area contributed by atoms with Crippen molar-refractivity contribution in [3.63, 3.8) is 0 Å². The number of thiophene rings is 1. The number of H-pyrrole nitrogens is 1.